The summed E-state index contributed by atoms with van der Waals surface area (Å²) in [4.78, 5) is 9.00. The molecule has 0 atom stereocenters. The summed E-state index contributed by atoms with van der Waals surface area (Å²) in [5, 5.41) is 6.64. The molecule has 1 heterocycles. The lowest BCUT2D eigenvalue weighted by atomic mass is 10.1. The highest BCUT2D eigenvalue weighted by Gasteiger charge is 2.06. The number of aryl methyl sites for hydroxylation is 3. The number of aromatic nitrogens is 2. The Kier molecular flexibility index (Phi) is 5.72. The molecule has 0 fully saturated rings. The van der Waals surface area contributed by atoms with E-state index in [-0.39, 0.29) is 0 Å². The molecule has 0 aliphatic heterocycles. The van der Waals surface area contributed by atoms with E-state index >= 15 is 0 Å². The van der Waals surface area contributed by atoms with Crippen molar-refractivity contribution in [1.82, 2.24) is 9.97 Å². The van der Waals surface area contributed by atoms with Crippen LogP contribution >= 0.6 is 0 Å². The quantitative estimate of drug-likeness (QED) is 0.765. The molecule has 0 aliphatic carbocycles. The second kappa shape index (κ2) is 7.75. The highest BCUT2D eigenvalue weighted by molar-refractivity contribution is 5.63. The molecular weight excluding hydrogens is 276 g/mol. The van der Waals surface area contributed by atoms with Gasteiger partial charge in [-0.25, -0.2) is 4.98 Å². The van der Waals surface area contributed by atoms with Gasteiger partial charge in [0.05, 0.1) is 0 Å². The van der Waals surface area contributed by atoms with Crippen molar-refractivity contribution in [3.63, 3.8) is 0 Å². The van der Waals surface area contributed by atoms with Crippen molar-refractivity contribution in [2.75, 3.05) is 30.9 Å². The second-order valence-electron chi connectivity index (χ2n) is 5.38. The predicted molar refractivity (Wildman–Crippen MR) is 91.0 cm³/mol. The molecule has 0 radical (unpaired) electrons. The number of nitrogens with zero attached hydrogens (tertiary/aromatic N) is 2. The Morgan fingerprint density at radius 1 is 1.09 bits per heavy atom. The summed E-state index contributed by atoms with van der Waals surface area (Å²) < 4.78 is 5.05. The minimum atomic E-state index is 0.617. The van der Waals surface area contributed by atoms with Crippen LogP contribution in [0.15, 0.2) is 24.3 Å². The van der Waals surface area contributed by atoms with E-state index in [1.807, 2.05) is 13.0 Å². The average Bonchev–Trinajstić information content (AvgIpc) is 2.47. The maximum atomic E-state index is 5.05. The summed E-state index contributed by atoms with van der Waals surface area (Å²) in [5.74, 6) is 1.45. The van der Waals surface area contributed by atoms with Gasteiger partial charge in [0, 0.05) is 37.7 Å². The fraction of sp³-hybridized carbons (Fsp3) is 0.412. The van der Waals surface area contributed by atoms with Crippen LogP contribution in [0.1, 0.15) is 23.2 Å². The molecule has 2 rings (SSSR count). The normalized spacial score (nSPS) is 10.5. The van der Waals surface area contributed by atoms with Gasteiger partial charge >= 0.3 is 0 Å². The van der Waals surface area contributed by atoms with E-state index in [0.29, 0.717) is 5.95 Å². The molecule has 1 aromatic heterocycles. The molecule has 0 saturated carbocycles. The van der Waals surface area contributed by atoms with Gasteiger partial charge in [0.15, 0.2) is 0 Å². The molecule has 0 unspecified atom stereocenters. The molecule has 0 aliphatic rings. The zero-order chi connectivity index (χ0) is 15.9. The number of hydrogen-bond acceptors (Lipinski definition) is 5. The summed E-state index contributed by atoms with van der Waals surface area (Å²) in [5.41, 5.74) is 4.36. The Morgan fingerprint density at radius 3 is 2.50 bits per heavy atom. The van der Waals surface area contributed by atoms with Gasteiger partial charge in [-0.05, 0) is 38.3 Å². The third-order valence-electron chi connectivity index (χ3n) is 3.40. The number of para-hydroxylation sites is 1. The van der Waals surface area contributed by atoms with Gasteiger partial charge in [0.1, 0.15) is 5.82 Å². The Labute approximate surface area is 132 Å². The number of benzene rings is 1. The van der Waals surface area contributed by atoms with E-state index in [1.165, 1.54) is 11.1 Å². The zero-order valence-electron chi connectivity index (χ0n) is 13.7. The van der Waals surface area contributed by atoms with Crippen LogP contribution in [0.25, 0.3) is 0 Å². The number of anilines is 3. The van der Waals surface area contributed by atoms with Crippen molar-refractivity contribution in [1.29, 1.82) is 0 Å². The first-order chi connectivity index (χ1) is 10.6. The van der Waals surface area contributed by atoms with Crippen molar-refractivity contribution in [3.05, 3.63) is 41.1 Å². The molecule has 118 valence electrons. The third-order valence-corrected chi connectivity index (χ3v) is 3.40. The monoisotopic (exact) mass is 300 g/mol. The second-order valence-corrected chi connectivity index (χ2v) is 5.38. The minimum absolute atomic E-state index is 0.617. The fourth-order valence-electron chi connectivity index (χ4n) is 2.27. The fourth-order valence-corrected chi connectivity index (χ4v) is 2.27. The molecule has 0 spiro atoms. The van der Waals surface area contributed by atoms with Crippen LogP contribution in [-0.4, -0.2) is 30.2 Å². The molecule has 0 saturated heterocycles. The first kappa shape index (κ1) is 16.2. The zero-order valence-corrected chi connectivity index (χ0v) is 13.7. The predicted octanol–water partition coefficient (Wildman–Crippen LogP) is 3.59. The van der Waals surface area contributed by atoms with Crippen LogP contribution in [-0.2, 0) is 4.74 Å². The Hall–Kier alpha value is -2.14. The number of ether oxygens (including phenoxy) is 1. The number of nitrogens with one attached hydrogen (secondary N) is 2. The average molecular weight is 300 g/mol. The highest BCUT2D eigenvalue weighted by atomic mass is 16.5. The van der Waals surface area contributed by atoms with Crippen LogP contribution in [0.5, 0.6) is 0 Å². The molecule has 2 aromatic rings. The van der Waals surface area contributed by atoms with Crippen LogP contribution in [0.4, 0.5) is 17.5 Å². The van der Waals surface area contributed by atoms with Gasteiger partial charge < -0.3 is 15.4 Å². The van der Waals surface area contributed by atoms with Crippen molar-refractivity contribution >= 4 is 17.5 Å². The van der Waals surface area contributed by atoms with Gasteiger partial charge in [-0.3, -0.25) is 0 Å². The van der Waals surface area contributed by atoms with Crippen molar-refractivity contribution < 1.29 is 4.74 Å². The lowest BCUT2D eigenvalue weighted by Crippen LogP contribution is -2.09. The van der Waals surface area contributed by atoms with Crippen LogP contribution in [0.2, 0.25) is 0 Å². The molecule has 22 heavy (non-hydrogen) atoms. The maximum absolute atomic E-state index is 5.05. The molecule has 5 heteroatoms. The first-order valence-electron chi connectivity index (χ1n) is 7.52. The third kappa shape index (κ3) is 4.43. The van der Waals surface area contributed by atoms with Crippen LogP contribution < -0.4 is 10.6 Å². The summed E-state index contributed by atoms with van der Waals surface area (Å²) in [6, 6.07) is 8.16. The Balaban J connectivity index is 2.12. The number of rotatable bonds is 7. The SMILES string of the molecule is COCCCNc1cc(C)nc(Nc2c(C)cccc2C)n1. The van der Waals surface area contributed by atoms with E-state index in [4.69, 9.17) is 4.74 Å². The number of hydrogen-bond donors (Lipinski definition) is 2. The van der Waals surface area contributed by atoms with Crippen molar-refractivity contribution in [3.8, 4) is 0 Å². The summed E-state index contributed by atoms with van der Waals surface area (Å²) in [6.07, 6.45) is 0.944. The van der Waals surface area contributed by atoms with Crippen LogP contribution in [0.3, 0.4) is 0 Å². The van der Waals surface area contributed by atoms with E-state index in [1.54, 1.807) is 7.11 Å². The van der Waals surface area contributed by atoms with E-state index in [9.17, 15) is 0 Å². The summed E-state index contributed by atoms with van der Waals surface area (Å²) >= 11 is 0. The van der Waals surface area contributed by atoms with Gasteiger partial charge in [0.2, 0.25) is 5.95 Å². The van der Waals surface area contributed by atoms with Crippen molar-refractivity contribution in [2.24, 2.45) is 0 Å². The largest absolute Gasteiger partial charge is 0.385 e. The van der Waals surface area contributed by atoms with Crippen molar-refractivity contribution in [2.45, 2.75) is 27.2 Å². The van der Waals surface area contributed by atoms with Gasteiger partial charge in [0.25, 0.3) is 0 Å². The molecular formula is C17H24N4O. The molecule has 1 aromatic carbocycles. The minimum Gasteiger partial charge on any atom is -0.385 e. The lowest BCUT2D eigenvalue weighted by Gasteiger charge is -2.13. The Bertz CT molecular complexity index is 608. The smallest absolute Gasteiger partial charge is 0.229 e. The van der Waals surface area contributed by atoms with Crippen LogP contribution in [0, 0.1) is 20.8 Å². The highest BCUT2D eigenvalue weighted by Crippen LogP contribution is 2.23. The summed E-state index contributed by atoms with van der Waals surface area (Å²) in [6.45, 7) is 7.69. The van der Waals surface area contributed by atoms with Gasteiger partial charge in [-0.2, -0.15) is 4.98 Å². The summed E-state index contributed by atoms with van der Waals surface area (Å²) in [7, 11) is 1.71. The number of methoxy groups -OCH3 is 1. The first-order valence-corrected chi connectivity index (χ1v) is 7.52. The molecule has 5 nitrogen and oxygen atoms in total. The molecule has 0 bridgehead atoms. The van der Waals surface area contributed by atoms with Gasteiger partial charge in [-0.15, -0.1) is 0 Å². The Morgan fingerprint density at radius 2 is 1.82 bits per heavy atom. The topological polar surface area (TPSA) is 59.1 Å². The maximum Gasteiger partial charge on any atom is 0.229 e. The van der Waals surface area contributed by atoms with E-state index in [0.717, 1.165) is 36.8 Å². The lowest BCUT2D eigenvalue weighted by molar-refractivity contribution is 0.198. The molecule has 2 N–H and O–H groups in total. The molecule has 0 amide bonds. The standard InChI is InChI=1S/C17H24N4O/c1-12-7-5-8-13(2)16(12)21-17-19-14(3)11-15(20-17)18-9-6-10-22-4/h5,7-8,11H,6,9-10H2,1-4H3,(H2,18,19,20,21). The van der Waals surface area contributed by atoms with Gasteiger partial charge in [-0.1, -0.05) is 18.2 Å². The van der Waals surface area contributed by atoms with E-state index in [2.05, 4.69) is 52.6 Å². The van der Waals surface area contributed by atoms with E-state index < -0.39 is 0 Å².